The number of likely N-dealkylation sites (N-methyl/N-ethyl adjacent to an activating group) is 1. The van der Waals surface area contributed by atoms with E-state index in [4.69, 9.17) is 11.6 Å². The SMILES string of the molecule is CN(C)C1(CNc2ccc(Cl)nn2)CCC1. The van der Waals surface area contributed by atoms with Crippen molar-refractivity contribution in [3.8, 4) is 0 Å². The first-order valence-corrected chi connectivity index (χ1v) is 5.91. The summed E-state index contributed by atoms with van der Waals surface area (Å²) in [6, 6.07) is 3.61. The summed E-state index contributed by atoms with van der Waals surface area (Å²) in [5.74, 6) is 0.789. The van der Waals surface area contributed by atoms with Crippen molar-refractivity contribution < 1.29 is 0 Å². The van der Waals surface area contributed by atoms with Gasteiger partial charge in [-0.1, -0.05) is 11.6 Å². The molecule has 88 valence electrons. The molecule has 1 aliphatic rings. The van der Waals surface area contributed by atoms with E-state index in [1.54, 1.807) is 6.07 Å². The first kappa shape index (κ1) is 11.6. The van der Waals surface area contributed by atoms with Crippen LogP contribution in [0.1, 0.15) is 19.3 Å². The summed E-state index contributed by atoms with van der Waals surface area (Å²) in [5.41, 5.74) is 0.293. The zero-order valence-electron chi connectivity index (χ0n) is 9.70. The van der Waals surface area contributed by atoms with Crippen molar-refractivity contribution in [1.82, 2.24) is 15.1 Å². The van der Waals surface area contributed by atoms with Crippen LogP contribution >= 0.6 is 11.6 Å². The molecule has 2 rings (SSSR count). The second kappa shape index (κ2) is 4.55. The van der Waals surface area contributed by atoms with Gasteiger partial charge in [-0.15, -0.1) is 10.2 Å². The molecule has 0 atom stereocenters. The fourth-order valence-corrected chi connectivity index (χ4v) is 2.13. The quantitative estimate of drug-likeness (QED) is 0.875. The lowest BCUT2D eigenvalue weighted by Crippen LogP contribution is -2.54. The summed E-state index contributed by atoms with van der Waals surface area (Å²) in [7, 11) is 4.27. The predicted molar refractivity (Wildman–Crippen MR) is 65.8 cm³/mol. The van der Waals surface area contributed by atoms with Gasteiger partial charge >= 0.3 is 0 Å². The molecule has 1 aromatic rings. The van der Waals surface area contributed by atoms with E-state index in [9.17, 15) is 0 Å². The number of rotatable bonds is 4. The smallest absolute Gasteiger partial charge is 0.151 e. The van der Waals surface area contributed by atoms with Crippen molar-refractivity contribution in [2.75, 3.05) is 26.0 Å². The minimum absolute atomic E-state index is 0.293. The normalized spacial score (nSPS) is 18.2. The third-order valence-electron chi connectivity index (χ3n) is 3.46. The molecule has 1 aromatic heterocycles. The number of halogens is 1. The Morgan fingerprint density at radius 2 is 2.12 bits per heavy atom. The lowest BCUT2D eigenvalue weighted by atomic mass is 9.75. The lowest BCUT2D eigenvalue weighted by molar-refractivity contribution is 0.0738. The van der Waals surface area contributed by atoms with E-state index in [0.29, 0.717) is 10.7 Å². The molecule has 0 aromatic carbocycles. The molecule has 1 saturated carbocycles. The summed E-state index contributed by atoms with van der Waals surface area (Å²) >= 11 is 5.68. The molecular weight excluding hydrogens is 224 g/mol. The van der Waals surface area contributed by atoms with Crippen LogP contribution in [0.15, 0.2) is 12.1 Å². The van der Waals surface area contributed by atoms with E-state index in [1.165, 1.54) is 19.3 Å². The highest BCUT2D eigenvalue weighted by Crippen LogP contribution is 2.36. The van der Waals surface area contributed by atoms with Crippen LogP contribution in [0.5, 0.6) is 0 Å². The van der Waals surface area contributed by atoms with Crippen molar-refractivity contribution in [2.24, 2.45) is 0 Å². The average molecular weight is 241 g/mol. The van der Waals surface area contributed by atoms with E-state index in [-0.39, 0.29) is 0 Å². The Morgan fingerprint density at radius 1 is 1.38 bits per heavy atom. The molecule has 1 fully saturated rings. The van der Waals surface area contributed by atoms with Gasteiger partial charge in [0.05, 0.1) is 0 Å². The van der Waals surface area contributed by atoms with E-state index >= 15 is 0 Å². The lowest BCUT2D eigenvalue weighted by Gasteiger charge is -2.47. The van der Waals surface area contributed by atoms with Crippen molar-refractivity contribution in [2.45, 2.75) is 24.8 Å². The second-order valence-electron chi connectivity index (χ2n) is 4.57. The molecule has 0 unspecified atom stereocenters. The van der Waals surface area contributed by atoms with Crippen molar-refractivity contribution in [1.29, 1.82) is 0 Å². The molecule has 1 aliphatic carbocycles. The standard InChI is InChI=1S/C11H17ClN4/c1-16(2)11(6-3-7-11)8-13-10-5-4-9(12)14-15-10/h4-5H,3,6-8H2,1-2H3,(H,13,15). The van der Waals surface area contributed by atoms with Gasteiger partial charge in [-0.2, -0.15) is 0 Å². The number of aromatic nitrogens is 2. The minimum Gasteiger partial charge on any atom is -0.367 e. The van der Waals surface area contributed by atoms with Gasteiger partial charge in [0.2, 0.25) is 0 Å². The van der Waals surface area contributed by atoms with Crippen molar-refractivity contribution >= 4 is 17.4 Å². The Kier molecular flexibility index (Phi) is 3.30. The molecule has 0 saturated heterocycles. The maximum atomic E-state index is 5.68. The van der Waals surface area contributed by atoms with E-state index in [0.717, 1.165) is 12.4 Å². The molecule has 0 amide bonds. The van der Waals surface area contributed by atoms with Crippen LogP contribution in [-0.4, -0.2) is 41.3 Å². The van der Waals surface area contributed by atoms with E-state index < -0.39 is 0 Å². The monoisotopic (exact) mass is 240 g/mol. The Bertz CT molecular complexity index is 346. The van der Waals surface area contributed by atoms with Gasteiger partial charge in [-0.3, -0.25) is 0 Å². The zero-order valence-corrected chi connectivity index (χ0v) is 10.5. The molecule has 1 N–H and O–H groups in total. The summed E-state index contributed by atoms with van der Waals surface area (Å²) in [5, 5.41) is 11.5. The topological polar surface area (TPSA) is 41.0 Å². The van der Waals surface area contributed by atoms with Gasteiger partial charge in [0.15, 0.2) is 5.15 Å². The summed E-state index contributed by atoms with van der Waals surface area (Å²) in [6.45, 7) is 0.913. The Balaban J connectivity index is 1.93. The van der Waals surface area contributed by atoms with E-state index in [2.05, 4.69) is 34.5 Å². The van der Waals surface area contributed by atoms with Crippen molar-refractivity contribution in [3.05, 3.63) is 17.3 Å². The van der Waals surface area contributed by atoms with Crippen LogP contribution in [-0.2, 0) is 0 Å². The largest absolute Gasteiger partial charge is 0.367 e. The fourth-order valence-electron chi connectivity index (χ4n) is 2.03. The number of nitrogens with zero attached hydrogens (tertiary/aromatic N) is 3. The maximum absolute atomic E-state index is 5.68. The van der Waals surface area contributed by atoms with Crippen molar-refractivity contribution in [3.63, 3.8) is 0 Å². The zero-order chi connectivity index (χ0) is 11.6. The van der Waals surface area contributed by atoms with Crippen LogP contribution in [0.25, 0.3) is 0 Å². The Morgan fingerprint density at radius 3 is 2.56 bits per heavy atom. The molecule has 0 spiro atoms. The first-order chi connectivity index (χ1) is 7.62. The molecule has 16 heavy (non-hydrogen) atoms. The number of hydrogen-bond acceptors (Lipinski definition) is 4. The number of hydrogen-bond donors (Lipinski definition) is 1. The summed E-state index contributed by atoms with van der Waals surface area (Å²) in [6.07, 6.45) is 3.80. The van der Waals surface area contributed by atoms with Crippen LogP contribution in [0.3, 0.4) is 0 Å². The van der Waals surface area contributed by atoms with Crippen LogP contribution in [0.4, 0.5) is 5.82 Å². The third kappa shape index (κ3) is 2.28. The number of nitrogens with one attached hydrogen (secondary N) is 1. The number of anilines is 1. The molecule has 0 bridgehead atoms. The van der Waals surface area contributed by atoms with Crippen LogP contribution < -0.4 is 5.32 Å². The molecule has 5 heteroatoms. The van der Waals surface area contributed by atoms with Gasteiger partial charge in [0.1, 0.15) is 5.82 Å². The molecular formula is C11H17ClN4. The highest BCUT2D eigenvalue weighted by molar-refractivity contribution is 6.29. The van der Waals surface area contributed by atoms with Gasteiger partial charge in [-0.25, -0.2) is 0 Å². The van der Waals surface area contributed by atoms with Crippen LogP contribution in [0.2, 0.25) is 5.15 Å². The minimum atomic E-state index is 0.293. The van der Waals surface area contributed by atoms with Gasteiger partial charge < -0.3 is 10.2 Å². The summed E-state index contributed by atoms with van der Waals surface area (Å²) in [4.78, 5) is 2.30. The van der Waals surface area contributed by atoms with Crippen LogP contribution in [0, 0.1) is 0 Å². The molecule has 0 radical (unpaired) electrons. The highest BCUT2D eigenvalue weighted by Gasteiger charge is 2.38. The van der Waals surface area contributed by atoms with Gasteiger partial charge in [-0.05, 0) is 45.5 Å². The highest BCUT2D eigenvalue weighted by atomic mass is 35.5. The second-order valence-corrected chi connectivity index (χ2v) is 4.95. The molecule has 4 nitrogen and oxygen atoms in total. The third-order valence-corrected chi connectivity index (χ3v) is 3.67. The Hall–Kier alpha value is -0.870. The van der Waals surface area contributed by atoms with Gasteiger partial charge in [0, 0.05) is 12.1 Å². The Labute approximate surface area is 101 Å². The maximum Gasteiger partial charge on any atom is 0.151 e. The molecule has 0 aliphatic heterocycles. The van der Waals surface area contributed by atoms with Gasteiger partial charge in [0.25, 0.3) is 0 Å². The van der Waals surface area contributed by atoms with E-state index in [1.807, 2.05) is 6.07 Å². The average Bonchev–Trinajstić information content (AvgIpc) is 2.18. The fraction of sp³-hybridized carbons (Fsp3) is 0.636. The summed E-state index contributed by atoms with van der Waals surface area (Å²) < 4.78 is 0. The molecule has 1 heterocycles. The first-order valence-electron chi connectivity index (χ1n) is 5.53. The predicted octanol–water partition coefficient (Wildman–Crippen LogP) is 2.03.